The number of nitrogens with zero attached hydrogens (tertiary/aromatic N) is 1. The molecule has 0 heterocycles. The van der Waals surface area contributed by atoms with Gasteiger partial charge in [-0.25, -0.2) is 5.43 Å². The van der Waals surface area contributed by atoms with Crippen molar-refractivity contribution in [1.82, 2.24) is 5.43 Å². The molecule has 2 aromatic rings. The molecule has 1 N–H and O–H groups in total. The van der Waals surface area contributed by atoms with E-state index >= 15 is 0 Å². The molecule has 0 aliphatic rings. The summed E-state index contributed by atoms with van der Waals surface area (Å²) in [5.74, 6) is 1.22. The molecule has 5 heteroatoms. The molecule has 0 spiro atoms. The zero-order valence-corrected chi connectivity index (χ0v) is 14.3. The van der Waals surface area contributed by atoms with Gasteiger partial charge in [0.15, 0.2) is 0 Å². The first-order valence-corrected chi connectivity index (χ1v) is 8.13. The van der Waals surface area contributed by atoms with Crippen molar-refractivity contribution in [2.75, 3.05) is 13.2 Å². The molecule has 0 fully saturated rings. The summed E-state index contributed by atoms with van der Waals surface area (Å²) in [6, 6.07) is 14.3. The van der Waals surface area contributed by atoms with Crippen LogP contribution in [0.1, 0.15) is 29.3 Å². The molecule has 0 aliphatic carbocycles. The molecule has 2 aromatic carbocycles. The first-order chi connectivity index (χ1) is 12.2. The highest BCUT2D eigenvalue weighted by atomic mass is 16.5. The average Bonchev–Trinajstić information content (AvgIpc) is 2.66. The van der Waals surface area contributed by atoms with Gasteiger partial charge >= 0.3 is 0 Å². The molecule has 0 unspecified atom stereocenters. The zero-order chi connectivity index (χ0) is 17.9. The van der Waals surface area contributed by atoms with Crippen LogP contribution in [-0.2, 0) is 0 Å². The minimum atomic E-state index is -0.283. The summed E-state index contributed by atoms with van der Waals surface area (Å²) in [5, 5.41) is 3.97. The summed E-state index contributed by atoms with van der Waals surface area (Å²) in [7, 11) is 0. The lowest BCUT2D eigenvalue weighted by molar-refractivity contribution is 0.0955. The minimum absolute atomic E-state index is 0.283. The Morgan fingerprint density at radius 1 is 1.08 bits per heavy atom. The highest BCUT2D eigenvalue weighted by Crippen LogP contribution is 2.13. The number of carbonyl (C=O) groups is 1. The number of rotatable bonds is 9. The molecule has 0 atom stereocenters. The Morgan fingerprint density at radius 2 is 1.72 bits per heavy atom. The molecule has 0 aliphatic heterocycles. The normalized spacial score (nSPS) is 10.4. The smallest absolute Gasteiger partial charge is 0.271 e. The van der Waals surface area contributed by atoms with Crippen LogP contribution in [0.5, 0.6) is 11.5 Å². The van der Waals surface area contributed by atoms with Crippen molar-refractivity contribution in [1.29, 1.82) is 0 Å². The summed E-state index contributed by atoms with van der Waals surface area (Å²) in [6.07, 6.45) is 4.22. The molecular weight excluding hydrogens is 316 g/mol. The first kappa shape index (κ1) is 18.3. The zero-order valence-electron chi connectivity index (χ0n) is 14.3. The van der Waals surface area contributed by atoms with E-state index < -0.39 is 0 Å². The topological polar surface area (TPSA) is 59.9 Å². The van der Waals surface area contributed by atoms with Crippen LogP contribution in [-0.4, -0.2) is 25.3 Å². The van der Waals surface area contributed by atoms with E-state index in [1.807, 2.05) is 24.3 Å². The van der Waals surface area contributed by atoms with Gasteiger partial charge in [0.1, 0.15) is 18.1 Å². The van der Waals surface area contributed by atoms with Crippen LogP contribution >= 0.6 is 0 Å². The van der Waals surface area contributed by atoms with Gasteiger partial charge in [0.2, 0.25) is 0 Å². The standard InChI is InChI=1S/C20H22N2O3/c1-3-13-24-18-9-5-16(6-10-18)15-21-22-20(23)17-7-11-19(12-8-17)25-14-4-2/h4-12,15H,2-3,13-14H2,1H3,(H,22,23)/b21-15-. The van der Waals surface area contributed by atoms with Crippen LogP contribution in [0.3, 0.4) is 0 Å². The highest BCUT2D eigenvalue weighted by molar-refractivity contribution is 5.95. The van der Waals surface area contributed by atoms with Gasteiger partial charge in [-0.15, -0.1) is 0 Å². The van der Waals surface area contributed by atoms with Crippen LogP contribution in [0.4, 0.5) is 0 Å². The Bertz CT molecular complexity index is 707. The van der Waals surface area contributed by atoms with Gasteiger partial charge < -0.3 is 9.47 Å². The number of nitrogens with one attached hydrogen (secondary N) is 1. The molecule has 25 heavy (non-hydrogen) atoms. The van der Waals surface area contributed by atoms with Crippen molar-refractivity contribution >= 4 is 12.1 Å². The van der Waals surface area contributed by atoms with Crippen molar-refractivity contribution in [3.8, 4) is 11.5 Å². The molecule has 130 valence electrons. The lowest BCUT2D eigenvalue weighted by Crippen LogP contribution is -2.17. The van der Waals surface area contributed by atoms with Crippen molar-refractivity contribution < 1.29 is 14.3 Å². The Labute approximate surface area is 148 Å². The molecule has 0 saturated carbocycles. The van der Waals surface area contributed by atoms with Crippen LogP contribution in [0.15, 0.2) is 66.3 Å². The van der Waals surface area contributed by atoms with E-state index in [0.717, 1.165) is 17.7 Å². The molecule has 0 saturated heterocycles. The first-order valence-electron chi connectivity index (χ1n) is 8.13. The summed E-state index contributed by atoms with van der Waals surface area (Å²) in [6.45, 7) is 6.77. The molecule has 0 aromatic heterocycles. The van der Waals surface area contributed by atoms with E-state index in [-0.39, 0.29) is 5.91 Å². The quantitative estimate of drug-likeness (QED) is 0.430. The van der Waals surface area contributed by atoms with Crippen LogP contribution < -0.4 is 14.9 Å². The van der Waals surface area contributed by atoms with E-state index in [1.54, 1.807) is 36.6 Å². The monoisotopic (exact) mass is 338 g/mol. The van der Waals surface area contributed by atoms with Gasteiger partial charge in [0.05, 0.1) is 12.8 Å². The Kier molecular flexibility index (Phi) is 7.25. The fourth-order valence-electron chi connectivity index (χ4n) is 1.96. The van der Waals surface area contributed by atoms with E-state index in [9.17, 15) is 4.79 Å². The van der Waals surface area contributed by atoms with Gasteiger partial charge in [-0.05, 0) is 60.5 Å². The maximum Gasteiger partial charge on any atom is 0.271 e. The third-order valence-electron chi connectivity index (χ3n) is 3.22. The molecule has 0 radical (unpaired) electrons. The van der Waals surface area contributed by atoms with Gasteiger partial charge in [-0.2, -0.15) is 5.10 Å². The summed E-state index contributed by atoms with van der Waals surface area (Å²) >= 11 is 0. The highest BCUT2D eigenvalue weighted by Gasteiger charge is 2.04. The molecule has 1 amide bonds. The maximum absolute atomic E-state index is 12.0. The van der Waals surface area contributed by atoms with Gasteiger partial charge in [-0.3, -0.25) is 4.79 Å². The molecular formula is C20H22N2O3. The largest absolute Gasteiger partial charge is 0.494 e. The summed E-state index contributed by atoms with van der Waals surface area (Å²) < 4.78 is 10.9. The second kappa shape index (κ2) is 9.93. The fraction of sp³-hybridized carbons (Fsp3) is 0.200. The van der Waals surface area contributed by atoms with Crippen molar-refractivity contribution in [2.45, 2.75) is 13.3 Å². The second-order valence-electron chi connectivity index (χ2n) is 5.24. The lowest BCUT2D eigenvalue weighted by Gasteiger charge is -2.05. The molecule has 5 nitrogen and oxygen atoms in total. The SMILES string of the molecule is C=CCOc1ccc(C(=O)N/N=C\c2ccc(OCCC)cc2)cc1. The van der Waals surface area contributed by atoms with E-state index in [2.05, 4.69) is 24.0 Å². The van der Waals surface area contributed by atoms with E-state index in [1.165, 1.54) is 0 Å². The van der Waals surface area contributed by atoms with Crippen molar-refractivity contribution in [3.63, 3.8) is 0 Å². The number of ether oxygens (including phenoxy) is 2. The number of hydrogen-bond acceptors (Lipinski definition) is 4. The second-order valence-corrected chi connectivity index (χ2v) is 5.24. The molecule has 0 bridgehead atoms. The Hall–Kier alpha value is -3.08. The van der Waals surface area contributed by atoms with Crippen LogP contribution in [0.2, 0.25) is 0 Å². The maximum atomic E-state index is 12.0. The Balaban J connectivity index is 1.86. The third kappa shape index (κ3) is 6.14. The average molecular weight is 338 g/mol. The van der Waals surface area contributed by atoms with Gasteiger partial charge in [-0.1, -0.05) is 19.6 Å². The number of amides is 1. The number of benzene rings is 2. The predicted octanol–water partition coefficient (Wildman–Crippen LogP) is 3.80. The minimum Gasteiger partial charge on any atom is -0.494 e. The third-order valence-corrected chi connectivity index (χ3v) is 3.22. The number of hydrogen-bond donors (Lipinski definition) is 1. The van der Waals surface area contributed by atoms with E-state index in [0.29, 0.717) is 24.5 Å². The lowest BCUT2D eigenvalue weighted by atomic mass is 10.2. The van der Waals surface area contributed by atoms with Gasteiger partial charge in [0.25, 0.3) is 5.91 Å². The Morgan fingerprint density at radius 3 is 2.36 bits per heavy atom. The summed E-state index contributed by atoms with van der Waals surface area (Å²) in [4.78, 5) is 12.0. The van der Waals surface area contributed by atoms with E-state index in [4.69, 9.17) is 9.47 Å². The van der Waals surface area contributed by atoms with Crippen molar-refractivity contribution in [3.05, 3.63) is 72.3 Å². The summed E-state index contributed by atoms with van der Waals surface area (Å²) in [5.41, 5.74) is 3.88. The predicted molar refractivity (Wildman–Crippen MR) is 99.4 cm³/mol. The molecule has 2 rings (SSSR count). The number of carbonyl (C=O) groups excluding carboxylic acids is 1. The van der Waals surface area contributed by atoms with Crippen LogP contribution in [0.25, 0.3) is 0 Å². The number of hydrazone groups is 1. The van der Waals surface area contributed by atoms with Crippen LogP contribution in [0, 0.1) is 0 Å². The van der Waals surface area contributed by atoms with Crippen molar-refractivity contribution in [2.24, 2.45) is 5.10 Å². The fourth-order valence-corrected chi connectivity index (χ4v) is 1.96. The van der Waals surface area contributed by atoms with Gasteiger partial charge in [0, 0.05) is 5.56 Å².